The molecule has 0 saturated carbocycles. The number of thioether (sulfide) groups is 1. The van der Waals surface area contributed by atoms with E-state index in [4.69, 9.17) is 0 Å². The van der Waals surface area contributed by atoms with Crippen LogP contribution in [0, 0.1) is 5.41 Å². The number of fused-ring (bicyclic) bond motifs is 1. The van der Waals surface area contributed by atoms with Crippen LogP contribution < -0.4 is 5.48 Å². The van der Waals surface area contributed by atoms with Gasteiger partial charge in [-0.05, 0) is 42.2 Å². The quantitative estimate of drug-likeness (QED) is 0.572. The van der Waals surface area contributed by atoms with Crippen LogP contribution in [0.15, 0.2) is 53.4 Å². The summed E-state index contributed by atoms with van der Waals surface area (Å²) >= 11 is 1.84. The van der Waals surface area contributed by atoms with Crippen LogP contribution in [0.4, 0.5) is 5.69 Å². The Labute approximate surface area is 160 Å². The SMILES string of the molecule is CCCC[C@]1(CC)CSc2ccc(NO)cc2[C@@H](c2ccccc2)[C@H]1O. The van der Waals surface area contributed by atoms with E-state index in [0.29, 0.717) is 5.69 Å². The first-order valence-electron chi connectivity index (χ1n) is 9.55. The predicted molar refractivity (Wildman–Crippen MR) is 109 cm³/mol. The van der Waals surface area contributed by atoms with Crippen LogP contribution in [-0.4, -0.2) is 22.2 Å². The first-order valence-corrected chi connectivity index (χ1v) is 10.5. The minimum Gasteiger partial charge on any atom is -0.392 e. The van der Waals surface area contributed by atoms with Gasteiger partial charge in [-0.25, -0.2) is 0 Å². The molecule has 3 rings (SSSR count). The van der Waals surface area contributed by atoms with Gasteiger partial charge in [0.05, 0.1) is 11.8 Å². The summed E-state index contributed by atoms with van der Waals surface area (Å²) in [6, 6.07) is 16.2. The van der Waals surface area contributed by atoms with E-state index in [2.05, 4.69) is 37.5 Å². The van der Waals surface area contributed by atoms with E-state index in [-0.39, 0.29) is 11.3 Å². The van der Waals surface area contributed by atoms with Crippen LogP contribution in [0.3, 0.4) is 0 Å². The third kappa shape index (κ3) is 3.64. The van der Waals surface area contributed by atoms with Crippen molar-refractivity contribution in [1.29, 1.82) is 0 Å². The summed E-state index contributed by atoms with van der Waals surface area (Å²) in [6.07, 6.45) is 3.82. The molecule has 140 valence electrons. The molecule has 1 aliphatic rings. The van der Waals surface area contributed by atoms with Crippen molar-refractivity contribution in [2.24, 2.45) is 5.41 Å². The zero-order chi connectivity index (χ0) is 18.6. The van der Waals surface area contributed by atoms with Gasteiger partial charge in [0.2, 0.25) is 0 Å². The van der Waals surface area contributed by atoms with Crippen LogP contribution >= 0.6 is 11.8 Å². The van der Waals surface area contributed by atoms with Crippen molar-refractivity contribution in [3.8, 4) is 0 Å². The van der Waals surface area contributed by atoms with Crippen molar-refractivity contribution in [2.45, 2.75) is 56.4 Å². The lowest BCUT2D eigenvalue weighted by Gasteiger charge is -2.39. The number of aliphatic hydroxyl groups excluding tert-OH is 1. The molecular weight excluding hydrogens is 342 g/mol. The molecule has 4 heteroatoms. The number of benzene rings is 2. The number of anilines is 1. The second kappa shape index (κ2) is 8.47. The van der Waals surface area contributed by atoms with E-state index in [1.165, 1.54) is 4.90 Å². The molecule has 26 heavy (non-hydrogen) atoms. The molecule has 0 bridgehead atoms. The highest BCUT2D eigenvalue weighted by molar-refractivity contribution is 7.99. The van der Waals surface area contributed by atoms with E-state index in [1.807, 2.05) is 42.1 Å². The second-order valence-electron chi connectivity index (χ2n) is 7.31. The van der Waals surface area contributed by atoms with Gasteiger partial charge in [0.25, 0.3) is 0 Å². The number of nitrogens with one attached hydrogen (secondary N) is 1. The topological polar surface area (TPSA) is 52.5 Å². The number of rotatable bonds is 6. The number of hydrogen-bond donors (Lipinski definition) is 3. The standard InChI is InChI=1S/C22H29NO2S/c1-3-5-13-22(4-2)15-26-19-12-11-17(23-25)14-18(19)20(21(22)24)16-9-7-6-8-10-16/h6-12,14,20-21,23-25H,3-5,13,15H2,1-2H3/t20-,21-,22-/m1/s1. The highest BCUT2D eigenvalue weighted by Gasteiger charge is 2.44. The highest BCUT2D eigenvalue weighted by atomic mass is 32.2. The largest absolute Gasteiger partial charge is 0.392 e. The van der Waals surface area contributed by atoms with Crippen LogP contribution in [0.1, 0.15) is 56.6 Å². The molecule has 0 amide bonds. The molecule has 0 aromatic heterocycles. The smallest absolute Gasteiger partial charge is 0.0713 e. The van der Waals surface area contributed by atoms with Gasteiger partial charge in [0, 0.05) is 22.0 Å². The minimum atomic E-state index is -0.454. The van der Waals surface area contributed by atoms with E-state index in [9.17, 15) is 10.3 Å². The molecule has 0 fully saturated rings. The van der Waals surface area contributed by atoms with Gasteiger partial charge in [-0.15, -0.1) is 11.8 Å². The fraction of sp³-hybridized carbons (Fsp3) is 0.455. The lowest BCUT2D eigenvalue weighted by Crippen LogP contribution is -2.40. The maximum absolute atomic E-state index is 11.7. The van der Waals surface area contributed by atoms with Gasteiger partial charge in [-0.2, -0.15) is 0 Å². The average Bonchev–Trinajstić information content (AvgIpc) is 2.81. The molecule has 0 saturated heterocycles. The number of aliphatic hydroxyl groups is 1. The van der Waals surface area contributed by atoms with Gasteiger partial charge in [0.15, 0.2) is 0 Å². The van der Waals surface area contributed by atoms with Gasteiger partial charge in [-0.1, -0.05) is 57.0 Å². The summed E-state index contributed by atoms with van der Waals surface area (Å²) in [7, 11) is 0. The van der Waals surface area contributed by atoms with Crippen LogP contribution in [0.25, 0.3) is 0 Å². The van der Waals surface area contributed by atoms with Crippen LogP contribution in [0.5, 0.6) is 0 Å². The fourth-order valence-corrected chi connectivity index (χ4v) is 5.56. The molecule has 3 atom stereocenters. The molecule has 1 aliphatic heterocycles. The van der Waals surface area contributed by atoms with Crippen LogP contribution in [-0.2, 0) is 0 Å². The minimum absolute atomic E-state index is 0.0914. The Morgan fingerprint density at radius 1 is 1.15 bits per heavy atom. The van der Waals surface area contributed by atoms with Gasteiger partial charge in [0.1, 0.15) is 0 Å². The summed E-state index contributed by atoms with van der Waals surface area (Å²) in [6.45, 7) is 4.42. The van der Waals surface area contributed by atoms with Crippen molar-refractivity contribution < 1.29 is 10.3 Å². The average molecular weight is 372 g/mol. The second-order valence-corrected chi connectivity index (χ2v) is 8.32. The van der Waals surface area contributed by atoms with Crippen molar-refractivity contribution in [3.05, 3.63) is 59.7 Å². The summed E-state index contributed by atoms with van der Waals surface area (Å²) in [5.74, 6) is 0.832. The van der Waals surface area contributed by atoms with Crippen molar-refractivity contribution in [2.75, 3.05) is 11.2 Å². The Balaban J connectivity index is 2.13. The monoisotopic (exact) mass is 371 g/mol. The van der Waals surface area contributed by atoms with E-state index < -0.39 is 6.10 Å². The molecule has 0 aliphatic carbocycles. The molecular formula is C22H29NO2S. The maximum Gasteiger partial charge on any atom is 0.0713 e. The number of hydrogen-bond acceptors (Lipinski definition) is 4. The molecule has 0 spiro atoms. The van der Waals surface area contributed by atoms with Crippen molar-refractivity contribution >= 4 is 17.4 Å². The first-order chi connectivity index (χ1) is 12.6. The lowest BCUT2D eigenvalue weighted by atomic mass is 9.69. The molecule has 1 heterocycles. The van der Waals surface area contributed by atoms with Gasteiger partial charge < -0.3 is 5.11 Å². The highest BCUT2D eigenvalue weighted by Crippen LogP contribution is 2.51. The van der Waals surface area contributed by atoms with E-state index in [1.54, 1.807) is 0 Å². The Morgan fingerprint density at radius 3 is 2.58 bits per heavy atom. The third-order valence-electron chi connectivity index (χ3n) is 5.82. The zero-order valence-electron chi connectivity index (χ0n) is 15.6. The zero-order valence-corrected chi connectivity index (χ0v) is 16.4. The van der Waals surface area contributed by atoms with Gasteiger partial charge >= 0.3 is 0 Å². The maximum atomic E-state index is 11.7. The summed E-state index contributed by atoms with van der Waals surface area (Å²) in [5, 5.41) is 21.0. The van der Waals surface area contributed by atoms with Crippen molar-refractivity contribution in [1.82, 2.24) is 0 Å². The molecule has 2 aromatic rings. The lowest BCUT2D eigenvalue weighted by molar-refractivity contribution is 0.0182. The van der Waals surface area contributed by atoms with Crippen molar-refractivity contribution in [3.63, 3.8) is 0 Å². The first kappa shape index (κ1) is 19.3. The fourth-order valence-electron chi connectivity index (χ4n) is 4.08. The summed E-state index contributed by atoms with van der Waals surface area (Å²) < 4.78 is 0. The third-order valence-corrected chi connectivity index (χ3v) is 7.23. The molecule has 3 N–H and O–H groups in total. The van der Waals surface area contributed by atoms with E-state index >= 15 is 0 Å². The predicted octanol–water partition coefficient (Wildman–Crippen LogP) is 5.67. The summed E-state index contributed by atoms with van der Waals surface area (Å²) in [4.78, 5) is 1.20. The Kier molecular flexibility index (Phi) is 6.28. The molecule has 2 aromatic carbocycles. The van der Waals surface area contributed by atoms with E-state index in [0.717, 1.165) is 42.6 Å². The van der Waals surface area contributed by atoms with Gasteiger partial charge in [-0.3, -0.25) is 10.7 Å². The summed E-state index contributed by atoms with van der Waals surface area (Å²) in [5.41, 5.74) is 5.05. The Bertz CT molecular complexity index is 721. The molecule has 3 nitrogen and oxygen atoms in total. The molecule has 0 unspecified atom stereocenters. The Hall–Kier alpha value is -1.49. The molecule has 0 radical (unpaired) electrons. The number of unbranched alkanes of at least 4 members (excludes halogenated alkanes) is 1. The normalized spacial score (nSPS) is 25.4. The van der Waals surface area contributed by atoms with Crippen LogP contribution in [0.2, 0.25) is 0 Å². The Morgan fingerprint density at radius 2 is 1.92 bits per heavy atom.